The van der Waals surface area contributed by atoms with E-state index in [1.807, 2.05) is 13.8 Å². The first-order chi connectivity index (χ1) is 15.1. The number of hydrogen-bond donors (Lipinski definition) is 3. The van der Waals surface area contributed by atoms with Crippen LogP contribution in [0.15, 0.2) is 29.2 Å². The Morgan fingerprint density at radius 2 is 1.94 bits per heavy atom. The molecule has 10 nitrogen and oxygen atoms in total. The molecular formula is C21H32N4O6S. The lowest BCUT2D eigenvalue weighted by Crippen LogP contribution is -2.57. The first-order valence-electron chi connectivity index (χ1n) is 10.6. The molecule has 0 aromatic heterocycles. The summed E-state index contributed by atoms with van der Waals surface area (Å²) in [5.74, 6) is -1.42. The minimum atomic E-state index is -4.40. The molecule has 2 rings (SSSR count). The Morgan fingerprint density at radius 3 is 2.50 bits per heavy atom. The van der Waals surface area contributed by atoms with Crippen molar-refractivity contribution in [2.45, 2.75) is 50.1 Å². The van der Waals surface area contributed by atoms with Crippen LogP contribution in [0, 0.1) is 5.92 Å². The number of sulfonamides is 1. The number of nitrogens with zero attached hydrogens (tertiary/aromatic N) is 1. The summed E-state index contributed by atoms with van der Waals surface area (Å²) in [5, 5.41) is 5.47. The van der Waals surface area contributed by atoms with E-state index in [-0.39, 0.29) is 36.7 Å². The predicted molar refractivity (Wildman–Crippen MR) is 118 cm³/mol. The van der Waals surface area contributed by atoms with Crippen molar-refractivity contribution in [1.82, 2.24) is 14.9 Å². The van der Waals surface area contributed by atoms with Crippen LogP contribution in [-0.2, 0) is 24.4 Å². The van der Waals surface area contributed by atoms with Gasteiger partial charge in [0.1, 0.15) is 17.8 Å². The standard InChI is InChI=1S/C21H32N4O6S/c1-14(2)11-17(24-20(27)12-22)21(28)25(18-5-4-10-23-13-19(18)26)32(29,30)16-8-6-15(31-3)7-9-16/h6-9,14,17-18,23H,4-5,10-13,22H2,1-3H3,(H,24,27)/t17-,18?/m0/s1. The second kappa shape index (κ2) is 11.4. The smallest absolute Gasteiger partial charge is 0.267 e. The summed E-state index contributed by atoms with van der Waals surface area (Å²) in [6.45, 7) is 3.83. The van der Waals surface area contributed by atoms with Crippen molar-refractivity contribution in [2.75, 3.05) is 26.7 Å². The van der Waals surface area contributed by atoms with Gasteiger partial charge in [-0.05, 0) is 56.0 Å². The number of hydrogen-bond acceptors (Lipinski definition) is 8. The van der Waals surface area contributed by atoms with Gasteiger partial charge in [0, 0.05) is 0 Å². The average molecular weight is 469 g/mol. The summed E-state index contributed by atoms with van der Waals surface area (Å²) in [6.07, 6.45) is 0.896. The normalized spacial score (nSPS) is 18.0. The van der Waals surface area contributed by atoms with E-state index in [4.69, 9.17) is 10.5 Å². The lowest BCUT2D eigenvalue weighted by molar-refractivity contribution is -0.137. The van der Waals surface area contributed by atoms with Crippen LogP contribution in [0.1, 0.15) is 33.1 Å². The molecule has 0 bridgehead atoms. The molecule has 1 aromatic rings. The Kier molecular flexibility index (Phi) is 9.17. The van der Waals surface area contributed by atoms with Crippen LogP contribution < -0.4 is 21.1 Å². The minimum absolute atomic E-state index is 0.0286. The molecule has 178 valence electrons. The van der Waals surface area contributed by atoms with E-state index < -0.39 is 39.7 Å². The summed E-state index contributed by atoms with van der Waals surface area (Å²) < 4.78 is 33.0. The second-order valence-electron chi connectivity index (χ2n) is 8.07. The van der Waals surface area contributed by atoms with E-state index in [1.54, 1.807) is 0 Å². The Balaban J connectivity index is 2.56. The third kappa shape index (κ3) is 6.27. The number of nitrogens with one attached hydrogen (secondary N) is 2. The van der Waals surface area contributed by atoms with Crippen molar-refractivity contribution in [1.29, 1.82) is 0 Å². The maximum absolute atomic E-state index is 13.6. The van der Waals surface area contributed by atoms with E-state index in [1.165, 1.54) is 31.4 Å². The number of carbonyl (C=O) groups is 3. The van der Waals surface area contributed by atoms with Crippen molar-refractivity contribution >= 4 is 27.6 Å². The van der Waals surface area contributed by atoms with Crippen LogP contribution in [0.3, 0.4) is 0 Å². The number of methoxy groups -OCH3 is 1. The number of benzene rings is 1. The van der Waals surface area contributed by atoms with Crippen LogP contribution in [-0.4, -0.2) is 69.1 Å². The van der Waals surface area contributed by atoms with Gasteiger partial charge < -0.3 is 21.1 Å². The van der Waals surface area contributed by atoms with Crippen molar-refractivity contribution in [3.05, 3.63) is 24.3 Å². The third-order valence-electron chi connectivity index (χ3n) is 5.14. The van der Waals surface area contributed by atoms with Crippen LogP contribution in [0.25, 0.3) is 0 Å². The van der Waals surface area contributed by atoms with E-state index in [9.17, 15) is 22.8 Å². The number of carbonyl (C=O) groups excluding carboxylic acids is 3. The second-order valence-corrected chi connectivity index (χ2v) is 9.88. The molecule has 0 aliphatic carbocycles. The fourth-order valence-electron chi connectivity index (χ4n) is 3.56. The van der Waals surface area contributed by atoms with Gasteiger partial charge >= 0.3 is 0 Å². The van der Waals surface area contributed by atoms with Gasteiger partial charge in [-0.15, -0.1) is 0 Å². The lowest BCUT2D eigenvalue weighted by atomic mass is 10.0. The Bertz CT molecular complexity index is 917. The topological polar surface area (TPSA) is 148 Å². The quantitative estimate of drug-likeness (QED) is 0.459. The molecule has 4 N–H and O–H groups in total. The highest BCUT2D eigenvalue weighted by Gasteiger charge is 2.42. The summed E-state index contributed by atoms with van der Waals surface area (Å²) >= 11 is 0. The van der Waals surface area contributed by atoms with Crippen LogP contribution >= 0.6 is 0 Å². The molecule has 2 atom stereocenters. The fourth-order valence-corrected chi connectivity index (χ4v) is 5.19. The van der Waals surface area contributed by atoms with Crippen LogP contribution in [0.2, 0.25) is 0 Å². The maximum atomic E-state index is 13.6. The number of ether oxygens (including phenoxy) is 1. The zero-order valence-corrected chi connectivity index (χ0v) is 19.5. The zero-order valence-electron chi connectivity index (χ0n) is 18.7. The van der Waals surface area contributed by atoms with Gasteiger partial charge in [0.2, 0.25) is 5.91 Å². The van der Waals surface area contributed by atoms with Gasteiger partial charge in [0.05, 0.1) is 25.1 Å². The highest BCUT2D eigenvalue weighted by Crippen LogP contribution is 2.26. The molecular weight excluding hydrogens is 436 g/mol. The van der Waals surface area contributed by atoms with Crippen LogP contribution in [0.5, 0.6) is 5.75 Å². The monoisotopic (exact) mass is 468 g/mol. The highest BCUT2D eigenvalue weighted by molar-refractivity contribution is 7.89. The van der Waals surface area contributed by atoms with Crippen molar-refractivity contribution < 1.29 is 27.5 Å². The molecule has 0 saturated carbocycles. The molecule has 1 fully saturated rings. The molecule has 2 amide bonds. The SMILES string of the molecule is COc1ccc(S(=O)(=O)N(C(=O)[C@H](CC(C)C)NC(=O)CN)C2CCCNCC2=O)cc1. The number of amides is 2. The van der Waals surface area contributed by atoms with Gasteiger partial charge in [-0.3, -0.25) is 14.4 Å². The van der Waals surface area contributed by atoms with Crippen molar-refractivity contribution in [2.24, 2.45) is 11.7 Å². The van der Waals surface area contributed by atoms with Crippen LogP contribution in [0.4, 0.5) is 0 Å². The highest BCUT2D eigenvalue weighted by atomic mass is 32.2. The number of Topliss-reactive ketones (excluding diaryl/α,β-unsaturated/α-hetero) is 1. The summed E-state index contributed by atoms with van der Waals surface area (Å²) in [4.78, 5) is 38.3. The Hall–Kier alpha value is -2.50. The molecule has 1 aliphatic rings. The van der Waals surface area contributed by atoms with E-state index in [0.717, 1.165) is 0 Å². The molecule has 1 aliphatic heterocycles. The van der Waals surface area contributed by atoms with Crippen molar-refractivity contribution in [3.8, 4) is 5.75 Å². The molecule has 11 heteroatoms. The third-order valence-corrected chi connectivity index (χ3v) is 6.96. The molecule has 0 radical (unpaired) electrons. The molecule has 0 spiro atoms. The minimum Gasteiger partial charge on any atom is -0.497 e. The number of nitrogens with two attached hydrogens (primary N) is 1. The molecule has 1 heterocycles. The van der Waals surface area contributed by atoms with Gasteiger partial charge in [-0.2, -0.15) is 0 Å². The van der Waals surface area contributed by atoms with Crippen molar-refractivity contribution in [3.63, 3.8) is 0 Å². The fraction of sp³-hybridized carbons (Fsp3) is 0.571. The Morgan fingerprint density at radius 1 is 1.28 bits per heavy atom. The van der Waals surface area contributed by atoms with Gasteiger partial charge in [0.15, 0.2) is 5.78 Å². The predicted octanol–water partition coefficient (Wildman–Crippen LogP) is 0.0232. The molecule has 1 unspecified atom stereocenters. The number of ketones is 1. The number of rotatable bonds is 9. The first kappa shape index (κ1) is 25.8. The largest absolute Gasteiger partial charge is 0.497 e. The van der Waals surface area contributed by atoms with Gasteiger partial charge in [-0.25, -0.2) is 12.7 Å². The molecule has 1 aromatic carbocycles. The van der Waals surface area contributed by atoms with Gasteiger partial charge in [-0.1, -0.05) is 13.8 Å². The molecule has 1 saturated heterocycles. The zero-order chi connectivity index (χ0) is 23.9. The Labute approximate surface area is 188 Å². The maximum Gasteiger partial charge on any atom is 0.267 e. The van der Waals surface area contributed by atoms with E-state index in [2.05, 4.69) is 10.6 Å². The first-order valence-corrected chi connectivity index (χ1v) is 12.0. The summed E-state index contributed by atoms with van der Waals surface area (Å²) in [6, 6.07) is 3.27. The summed E-state index contributed by atoms with van der Waals surface area (Å²) in [7, 11) is -2.95. The lowest BCUT2D eigenvalue weighted by Gasteiger charge is -2.33. The average Bonchev–Trinajstić information content (AvgIpc) is 2.97. The van der Waals surface area contributed by atoms with E-state index >= 15 is 0 Å². The van der Waals surface area contributed by atoms with E-state index in [0.29, 0.717) is 23.0 Å². The molecule has 32 heavy (non-hydrogen) atoms. The summed E-state index contributed by atoms with van der Waals surface area (Å²) in [5.41, 5.74) is 5.39. The van der Waals surface area contributed by atoms with Gasteiger partial charge in [0.25, 0.3) is 15.9 Å².